The van der Waals surface area contributed by atoms with Crippen molar-refractivity contribution in [2.24, 2.45) is 0 Å². The zero-order valence-corrected chi connectivity index (χ0v) is 11.6. The van der Waals surface area contributed by atoms with Crippen LogP contribution >= 0.6 is 0 Å². The molecule has 0 rings (SSSR count). The second kappa shape index (κ2) is 7.60. The number of carboxylic acids is 1. The van der Waals surface area contributed by atoms with E-state index in [1.807, 2.05) is 0 Å². The third kappa shape index (κ3) is 8.87. The minimum absolute atomic E-state index is 0.0454. The lowest BCUT2D eigenvalue weighted by Gasteiger charge is -2.22. The first-order valence-electron chi connectivity index (χ1n) is 6.31. The highest BCUT2D eigenvalue weighted by molar-refractivity contribution is 5.81. The van der Waals surface area contributed by atoms with E-state index < -0.39 is 29.7 Å². The summed E-state index contributed by atoms with van der Waals surface area (Å²) in [7, 11) is 1.08. The van der Waals surface area contributed by atoms with Gasteiger partial charge in [0, 0.05) is 6.42 Å². The summed E-state index contributed by atoms with van der Waals surface area (Å²) in [4.78, 5) is 33.6. The summed E-state index contributed by atoms with van der Waals surface area (Å²) < 4.78 is 17.4. The number of rotatable bonds is 6. The van der Waals surface area contributed by atoms with Crippen LogP contribution in [0.2, 0.25) is 0 Å². The lowest BCUT2D eigenvalue weighted by Crippen LogP contribution is -2.44. The summed E-state index contributed by atoms with van der Waals surface area (Å²) in [5, 5.41) is 10.7. The molecule has 1 amide bonds. The highest BCUT2D eigenvalue weighted by atomic mass is 16.6. The quantitative estimate of drug-likeness (QED) is 0.709. The van der Waals surface area contributed by atoms with Crippen LogP contribution in [0.4, 0.5) is 4.79 Å². The van der Waals surface area contributed by atoms with E-state index in [4.69, 9.17) is 11.2 Å². The van der Waals surface area contributed by atoms with E-state index in [1.54, 1.807) is 20.8 Å². The standard InChI is InChI=1S/C12H21NO6/c1-12(2,3)19-11(17)13-8(10(16)18-4)6-5-7-9(14)15/h8H,5-7H2,1-4H3,(H,13,17)(H,14,15)/i8D. The predicted octanol–water partition coefficient (Wildman–Crippen LogP) is 1.31. The van der Waals surface area contributed by atoms with Crippen LogP contribution in [0.3, 0.4) is 0 Å². The van der Waals surface area contributed by atoms with E-state index in [0.717, 1.165) is 7.11 Å². The third-order valence-corrected chi connectivity index (χ3v) is 1.90. The van der Waals surface area contributed by atoms with E-state index in [2.05, 4.69) is 10.1 Å². The lowest BCUT2D eigenvalue weighted by molar-refractivity contribution is -0.144. The number of carbonyl (C=O) groups is 3. The van der Waals surface area contributed by atoms with E-state index in [1.165, 1.54) is 0 Å². The second-order valence-corrected chi connectivity index (χ2v) is 4.84. The van der Waals surface area contributed by atoms with Crippen molar-refractivity contribution in [3.05, 3.63) is 0 Å². The van der Waals surface area contributed by atoms with Crippen molar-refractivity contribution in [1.82, 2.24) is 5.32 Å². The SMILES string of the molecule is [2H]C(CCCC(=O)O)(NC(=O)OC(C)(C)C)C(=O)OC. The Hall–Kier alpha value is -1.79. The van der Waals surface area contributed by atoms with Crippen LogP contribution in [-0.2, 0) is 19.1 Å². The van der Waals surface area contributed by atoms with Crippen molar-refractivity contribution < 1.29 is 30.3 Å². The van der Waals surface area contributed by atoms with Gasteiger partial charge in [-0.1, -0.05) is 0 Å². The fraction of sp³-hybridized carbons (Fsp3) is 0.750. The van der Waals surface area contributed by atoms with Gasteiger partial charge in [0.15, 0.2) is 0 Å². The van der Waals surface area contributed by atoms with Crippen LogP contribution in [0.5, 0.6) is 0 Å². The highest BCUT2D eigenvalue weighted by Crippen LogP contribution is 2.09. The van der Waals surface area contributed by atoms with Gasteiger partial charge in [-0.05, 0) is 33.6 Å². The van der Waals surface area contributed by atoms with Crippen LogP contribution < -0.4 is 5.32 Å². The number of carboxylic acid groups (broad SMARTS) is 1. The largest absolute Gasteiger partial charge is 0.481 e. The van der Waals surface area contributed by atoms with Crippen LogP contribution in [0.25, 0.3) is 0 Å². The van der Waals surface area contributed by atoms with Gasteiger partial charge in [-0.25, -0.2) is 9.59 Å². The van der Waals surface area contributed by atoms with Gasteiger partial charge >= 0.3 is 18.0 Å². The molecule has 0 aliphatic carbocycles. The molecule has 0 spiro atoms. The molecule has 0 heterocycles. The summed E-state index contributed by atoms with van der Waals surface area (Å²) in [6.45, 7) is 4.92. The van der Waals surface area contributed by atoms with Gasteiger partial charge in [-0.3, -0.25) is 4.79 Å². The molecule has 110 valence electrons. The van der Waals surface area contributed by atoms with Gasteiger partial charge in [-0.15, -0.1) is 0 Å². The molecule has 0 aromatic heterocycles. The number of amides is 1. The van der Waals surface area contributed by atoms with Gasteiger partial charge in [-0.2, -0.15) is 0 Å². The first kappa shape index (κ1) is 15.3. The van der Waals surface area contributed by atoms with Crippen LogP contribution in [0.15, 0.2) is 0 Å². The molecule has 0 radical (unpaired) electrons. The predicted molar refractivity (Wildman–Crippen MR) is 66.7 cm³/mol. The van der Waals surface area contributed by atoms with E-state index in [0.29, 0.717) is 0 Å². The fourth-order valence-corrected chi connectivity index (χ4v) is 1.18. The second-order valence-electron chi connectivity index (χ2n) is 4.84. The third-order valence-electron chi connectivity index (χ3n) is 1.90. The van der Waals surface area contributed by atoms with Gasteiger partial charge in [0.05, 0.1) is 8.48 Å². The molecule has 19 heavy (non-hydrogen) atoms. The minimum Gasteiger partial charge on any atom is -0.481 e. The summed E-state index contributed by atoms with van der Waals surface area (Å²) >= 11 is 0. The summed E-state index contributed by atoms with van der Waals surface area (Å²) in [6.07, 6.45) is -1.30. The molecule has 2 N–H and O–H groups in total. The zero-order valence-electron chi connectivity index (χ0n) is 12.6. The number of hydrogen-bond donors (Lipinski definition) is 2. The molecule has 0 bridgehead atoms. The molecule has 0 saturated heterocycles. The Bertz CT molecular complexity index is 379. The summed E-state index contributed by atoms with van der Waals surface area (Å²) in [5.74, 6) is -2.02. The molecule has 0 aliphatic rings. The maximum Gasteiger partial charge on any atom is 0.408 e. The highest BCUT2D eigenvalue weighted by Gasteiger charge is 2.24. The Morgan fingerprint density at radius 1 is 1.37 bits per heavy atom. The Morgan fingerprint density at radius 3 is 2.37 bits per heavy atom. The Balaban J connectivity index is 4.74. The first-order chi connectivity index (χ1) is 9.00. The topological polar surface area (TPSA) is 102 Å². The number of aliphatic carboxylic acids is 1. The van der Waals surface area contributed by atoms with E-state index >= 15 is 0 Å². The smallest absolute Gasteiger partial charge is 0.408 e. The molecule has 1 atom stereocenters. The van der Waals surface area contributed by atoms with Gasteiger partial charge in [0.1, 0.15) is 11.6 Å². The molecule has 7 heteroatoms. The first-order valence-corrected chi connectivity index (χ1v) is 5.81. The molecule has 0 fully saturated rings. The maximum absolute atomic E-state index is 11.6. The van der Waals surface area contributed by atoms with Crippen molar-refractivity contribution >= 4 is 18.0 Å². The molecule has 1 unspecified atom stereocenters. The normalized spacial score (nSPS) is 14.8. The van der Waals surface area contributed by atoms with Crippen molar-refractivity contribution in [3.8, 4) is 0 Å². The summed E-state index contributed by atoms with van der Waals surface area (Å²) in [5.41, 5.74) is -0.776. The summed E-state index contributed by atoms with van der Waals surface area (Å²) in [6, 6.07) is -2.06. The minimum atomic E-state index is -2.06. The molecule has 0 aromatic rings. The Labute approximate surface area is 113 Å². The van der Waals surface area contributed by atoms with Gasteiger partial charge in [0.2, 0.25) is 0 Å². The fourth-order valence-electron chi connectivity index (χ4n) is 1.18. The lowest BCUT2D eigenvalue weighted by atomic mass is 10.1. The van der Waals surface area contributed by atoms with Crippen LogP contribution in [-0.4, -0.2) is 41.9 Å². The average Bonchev–Trinajstić information content (AvgIpc) is 2.24. The number of ether oxygens (including phenoxy) is 2. The average molecular weight is 276 g/mol. The van der Waals surface area contributed by atoms with Crippen molar-refractivity contribution in [3.63, 3.8) is 0 Å². The molecule has 0 aliphatic heterocycles. The maximum atomic E-state index is 11.6. The monoisotopic (exact) mass is 276 g/mol. The van der Waals surface area contributed by atoms with Crippen LogP contribution in [0.1, 0.15) is 41.4 Å². The molecule has 7 nitrogen and oxygen atoms in total. The van der Waals surface area contributed by atoms with Crippen molar-refractivity contribution in [2.75, 3.05) is 7.11 Å². The zero-order chi connectivity index (χ0) is 16.0. The Kier molecular flexibility index (Phi) is 6.11. The molecular formula is C12H21NO6. The molecule has 0 saturated carbocycles. The number of alkyl carbamates (subject to hydrolysis) is 1. The number of hydrogen-bond acceptors (Lipinski definition) is 5. The van der Waals surface area contributed by atoms with Crippen molar-refractivity contribution in [2.45, 2.75) is 51.7 Å². The van der Waals surface area contributed by atoms with Crippen LogP contribution in [0, 0.1) is 0 Å². The number of methoxy groups -OCH3 is 1. The van der Waals surface area contributed by atoms with Gasteiger partial charge in [0.25, 0.3) is 0 Å². The van der Waals surface area contributed by atoms with Crippen molar-refractivity contribution in [1.29, 1.82) is 0 Å². The number of carbonyl (C=O) groups excluding carboxylic acids is 2. The Morgan fingerprint density at radius 2 is 1.95 bits per heavy atom. The number of esters is 1. The van der Waals surface area contributed by atoms with E-state index in [-0.39, 0.29) is 19.3 Å². The molecule has 0 aromatic carbocycles. The van der Waals surface area contributed by atoms with E-state index in [9.17, 15) is 14.4 Å². The molecular weight excluding hydrogens is 254 g/mol. The number of nitrogens with one attached hydrogen (secondary N) is 1. The van der Waals surface area contributed by atoms with Gasteiger partial charge < -0.3 is 19.9 Å².